The number of hydrogen-bond donors (Lipinski definition) is 1. The van der Waals surface area contributed by atoms with Crippen LogP contribution in [0, 0.1) is 5.82 Å². The molecule has 0 atom stereocenters. The Bertz CT molecular complexity index is 385. The zero-order valence-corrected chi connectivity index (χ0v) is 11.6. The molecule has 0 heterocycles. The highest BCUT2D eigenvalue weighted by Gasteiger charge is 2.39. The molecule has 4 heteroatoms. The van der Waals surface area contributed by atoms with E-state index in [4.69, 9.17) is 10.2 Å². The largest absolute Gasteiger partial charge is 0.542 e. The number of nitrogens with two attached hydrogens (primary N) is 1. The average molecular weight is 241 g/mol. The zero-order chi connectivity index (χ0) is 12.6. The lowest BCUT2D eigenvalue weighted by molar-refractivity contribution is 0.457. The standard InChI is InChI=1S/C12H20FNOSi/c1-12(2,3)16(4,5)15-11-7-6-9(14)8-10(11)13/h6-8H,14H2,1-5H3. The van der Waals surface area contributed by atoms with E-state index in [1.54, 1.807) is 12.1 Å². The van der Waals surface area contributed by atoms with Crippen LogP contribution >= 0.6 is 0 Å². The molecule has 16 heavy (non-hydrogen) atoms. The molecule has 1 aromatic rings. The molecule has 1 aromatic carbocycles. The highest BCUT2D eigenvalue weighted by atomic mass is 28.4. The third-order valence-electron chi connectivity index (χ3n) is 3.13. The molecule has 0 fully saturated rings. The molecule has 0 saturated heterocycles. The molecule has 2 nitrogen and oxygen atoms in total. The van der Waals surface area contributed by atoms with Gasteiger partial charge < -0.3 is 10.2 Å². The molecule has 0 aromatic heterocycles. The van der Waals surface area contributed by atoms with Crippen molar-refractivity contribution in [2.75, 3.05) is 5.73 Å². The van der Waals surface area contributed by atoms with Gasteiger partial charge in [0, 0.05) is 11.8 Å². The van der Waals surface area contributed by atoms with Gasteiger partial charge in [-0.2, -0.15) is 0 Å². The number of rotatable bonds is 2. The lowest BCUT2D eigenvalue weighted by atomic mass is 10.2. The quantitative estimate of drug-likeness (QED) is 0.631. The van der Waals surface area contributed by atoms with Gasteiger partial charge in [-0.1, -0.05) is 20.8 Å². The molecular formula is C12H20FNOSi. The Morgan fingerprint density at radius 1 is 1.25 bits per heavy atom. The summed E-state index contributed by atoms with van der Waals surface area (Å²) in [6.45, 7) is 10.5. The van der Waals surface area contributed by atoms with E-state index in [0.717, 1.165) is 0 Å². The van der Waals surface area contributed by atoms with E-state index in [0.29, 0.717) is 11.4 Å². The Morgan fingerprint density at radius 3 is 2.25 bits per heavy atom. The number of nitrogen functional groups attached to an aromatic ring is 1. The van der Waals surface area contributed by atoms with Gasteiger partial charge in [0.05, 0.1) is 0 Å². The fourth-order valence-corrected chi connectivity index (χ4v) is 2.05. The zero-order valence-electron chi connectivity index (χ0n) is 10.6. The van der Waals surface area contributed by atoms with Crippen molar-refractivity contribution in [3.8, 4) is 5.75 Å². The van der Waals surface area contributed by atoms with E-state index < -0.39 is 8.32 Å². The van der Waals surface area contributed by atoms with Crippen LogP contribution in [0.5, 0.6) is 5.75 Å². The van der Waals surface area contributed by atoms with Gasteiger partial charge in [0.1, 0.15) is 5.75 Å². The summed E-state index contributed by atoms with van der Waals surface area (Å²) in [5, 5.41) is 0.0564. The highest BCUT2D eigenvalue weighted by Crippen LogP contribution is 2.38. The molecule has 0 unspecified atom stereocenters. The van der Waals surface area contributed by atoms with Crippen molar-refractivity contribution in [1.29, 1.82) is 0 Å². The maximum Gasteiger partial charge on any atom is 0.250 e. The number of anilines is 1. The van der Waals surface area contributed by atoms with E-state index in [2.05, 4.69) is 33.9 Å². The summed E-state index contributed by atoms with van der Waals surface area (Å²) in [6, 6.07) is 4.55. The number of benzene rings is 1. The van der Waals surface area contributed by atoms with Crippen molar-refractivity contribution in [2.24, 2.45) is 0 Å². The average Bonchev–Trinajstić information content (AvgIpc) is 2.08. The van der Waals surface area contributed by atoms with Gasteiger partial charge in [0.25, 0.3) is 8.32 Å². The summed E-state index contributed by atoms with van der Waals surface area (Å²) in [7, 11) is -1.98. The summed E-state index contributed by atoms with van der Waals surface area (Å²) < 4.78 is 19.4. The highest BCUT2D eigenvalue weighted by molar-refractivity contribution is 6.74. The van der Waals surface area contributed by atoms with E-state index >= 15 is 0 Å². The van der Waals surface area contributed by atoms with Gasteiger partial charge in [0.15, 0.2) is 5.82 Å². The Kier molecular flexibility index (Phi) is 3.33. The first kappa shape index (κ1) is 13.0. The summed E-state index contributed by atoms with van der Waals surface area (Å²) in [5.74, 6) is -0.0781. The Balaban J connectivity index is 2.97. The van der Waals surface area contributed by atoms with Crippen LogP contribution in [0.2, 0.25) is 18.1 Å². The monoisotopic (exact) mass is 241 g/mol. The molecule has 0 aliphatic heterocycles. The van der Waals surface area contributed by atoms with Crippen LogP contribution in [0.1, 0.15) is 20.8 Å². The van der Waals surface area contributed by atoms with E-state index in [1.165, 1.54) is 6.07 Å². The molecular weight excluding hydrogens is 221 g/mol. The van der Waals surface area contributed by atoms with E-state index in [-0.39, 0.29) is 10.9 Å². The number of halogens is 1. The minimum absolute atomic E-state index is 0.0564. The van der Waals surface area contributed by atoms with Crippen molar-refractivity contribution >= 4 is 14.0 Å². The second kappa shape index (κ2) is 4.09. The Labute approximate surface area is 97.7 Å². The Hall–Kier alpha value is -1.03. The molecule has 0 amide bonds. The minimum Gasteiger partial charge on any atom is -0.542 e. The second-order valence-corrected chi connectivity index (χ2v) is 10.3. The van der Waals surface area contributed by atoms with Gasteiger partial charge in [-0.3, -0.25) is 0 Å². The van der Waals surface area contributed by atoms with Crippen molar-refractivity contribution in [2.45, 2.75) is 38.9 Å². The first-order valence-electron chi connectivity index (χ1n) is 5.37. The normalized spacial score (nSPS) is 12.6. The predicted octanol–water partition coefficient (Wildman–Crippen LogP) is 3.79. The molecule has 1 rings (SSSR count). The van der Waals surface area contributed by atoms with Gasteiger partial charge in [-0.05, 0) is 30.3 Å². The third kappa shape index (κ3) is 2.75. The van der Waals surface area contributed by atoms with Crippen LogP contribution in [0.4, 0.5) is 10.1 Å². The van der Waals surface area contributed by atoms with Crippen molar-refractivity contribution < 1.29 is 8.82 Å². The molecule has 0 saturated carbocycles. The maximum absolute atomic E-state index is 13.6. The van der Waals surface area contributed by atoms with Gasteiger partial charge in [-0.15, -0.1) is 0 Å². The fraction of sp³-hybridized carbons (Fsp3) is 0.500. The summed E-state index contributed by atoms with van der Waals surface area (Å²) >= 11 is 0. The lowest BCUT2D eigenvalue weighted by Crippen LogP contribution is -2.44. The second-order valence-electron chi connectivity index (χ2n) is 5.55. The van der Waals surface area contributed by atoms with Crippen LogP contribution in [-0.2, 0) is 0 Å². The smallest absolute Gasteiger partial charge is 0.250 e. The SMILES string of the molecule is CC(C)(C)[Si](C)(C)Oc1ccc(N)cc1F. The molecule has 0 radical (unpaired) electrons. The molecule has 0 bridgehead atoms. The van der Waals surface area contributed by atoms with Crippen LogP contribution in [0.15, 0.2) is 18.2 Å². The maximum atomic E-state index is 13.6. The summed E-state index contributed by atoms with van der Waals surface area (Å²) in [5.41, 5.74) is 5.91. The van der Waals surface area contributed by atoms with Gasteiger partial charge >= 0.3 is 0 Å². The molecule has 2 N–H and O–H groups in total. The summed E-state index contributed by atoms with van der Waals surface area (Å²) in [4.78, 5) is 0. The molecule has 90 valence electrons. The molecule has 0 spiro atoms. The van der Waals surface area contributed by atoms with Gasteiger partial charge in [0.2, 0.25) is 0 Å². The fourth-order valence-electron chi connectivity index (χ4n) is 1.03. The van der Waals surface area contributed by atoms with Crippen LogP contribution in [0.25, 0.3) is 0 Å². The van der Waals surface area contributed by atoms with Crippen LogP contribution < -0.4 is 10.2 Å². The third-order valence-corrected chi connectivity index (χ3v) is 7.47. The van der Waals surface area contributed by atoms with E-state index in [9.17, 15) is 4.39 Å². The molecule has 0 aliphatic rings. The summed E-state index contributed by atoms with van der Waals surface area (Å²) in [6.07, 6.45) is 0. The predicted molar refractivity (Wildman–Crippen MR) is 68.6 cm³/mol. The van der Waals surface area contributed by atoms with Crippen LogP contribution in [0.3, 0.4) is 0 Å². The van der Waals surface area contributed by atoms with Crippen molar-refractivity contribution in [1.82, 2.24) is 0 Å². The Morgan fingerprint density at radius 2 is 1.81 bits per heavy atom. The van der Waals surface area contributed by atoms with Crippen molar-refractivity contribution in [3.63, 3.8) is 0 Å². The first-order chi connectivity index (χ1) is 7.13. The van der Waals surface area contributed by atoms with Gasteiger partial charge in [-0.25, -0.2) is 4.39 Å². The van der Waals surface area contributed by atoms with Crippen LogP contribution in [-0.4, -0.2) is 8.32 Å². The minimum atomic E-state index is -1.98. The topological polar surface area (TPSA) is 35.2 Å². The molecule has 0 aliphatic carbocycles. The van der Waals surface area contributed by atoms with E-state index in [1.807, 2.05) is 0 Å². The lowest BCUT2D eigenvalue weighted by Gasteiger charge is -2.36. The number of hydrogen-bond acceptors (Lipinski definition) is 2. The first-order valence-corrected chi connectivity index (χ1v) is 8.28. The van der Waals surface area contributed by atoms with Crippen molar-refractivity contribution in [3.05, 3.63) is 24.0 Å².